The summed E-state index contributed by atoms with van der Waals surface area (Å²) in [7, 11) is 0. The largest absolute Gasteiger partial charge is 0.762 e. The monoisotopic (exact) mass is 158 g/mol. The summed E-state index contributed by atoms with van der Waals surface area (Å²) >= 11 is 0. The van der Waals surface area contributed by atoms with Gasteiger partial charge in [0.2, 0.25) is 0 Å². The SMILES string of the molecule is CCCC(C)(C)C1CON1[O-]. The first-order valence-corrected chi connectivity index (χ1v) is 4.17. The normalized spacial score (nSPS) is 26.7. The molecule has 1 aliphatic heterocycles. The summed E-state index contributed by atoms with van der Waals surface area (Å²) in [4.78, 5) is 4.65. The minimum absolute atomic E-state index is 0.0717. The summed E-state index contributed by atoms with van der Waals surface area (Å²) in [6, 6.07) is 0.0717. The van der Waals surface area contributed by atoms with Crippen molar-refractivity contribution in [1.82, 2.24) is 5.23 Å². The van der Waals surface area contributed by atoms with Gasteiger partial charge in [-0.25, -0.2) is 0 Å². The lowest BCUT2D eigenvalue weighted by molar-refractivity contribution is -0.284. The highest BCUT2D eigenvalue weighted by Crippen LogP contribution is 2.34. The van der Waals surface area contributed by atoms with Crippen molar-refractivity contribution in [3.05, 3.63) is 5.21 Å². The average molecular weight is 158 g/mol. The molecule has 1 aliphatic rings. The molecule has 0 spiro atoms. The third-order valence-corrected chi connectivity index (χ3v) is 2.41. The highest BCUT2D eigenvalue weighted by atomic mass is 16.9. The zero-order chi connectivity index (χ0) is 8.48. The van der Waals surface area contributed by atoms with Crippen LogP contribution in [-0.4, -0.2) is 17.9 Å². The van der Waals surface area contributed by atoms with Crippen molar-refractivity contribution < 1.29 is 4.84 Å². The molecule has 1 rings (SSSR count). The molecule has 1 unspecified atom stereocenters. The zero-order valence-electron chi connectivity index (χ0n) is 7.46. The molecule has 1 atom stereocenters. The maximum atomic E-state index is 10.8. The Hall–Kier alpha value is -0.120. The molecule has 0 radical (unpaired) electrons. The van der Waals surface area contributed by atoms with Crippen LogP contribution in [-0.2, 0) is 4.84 Å². The standard InChI is InChI=1S/C8H16NO2/c1-4-5-8(2,3)7-6-11-9(7)10/h7H,4-6H2,1-3H3/q-1. The Morgan fingerprint density at radius 2 is 2.27 bits per heavy atom. The smallest absolute Gasteiger partial charge is 0.0846 e. The number of hydrogen-bond donors (Lipinski definition) is 0. The molecular weight excluding hydrogens is 142 g/mol. The van der Waals surface area contributed by atoms with Gasteiger partial charge in [0.25, 0.3) is 0 Å². The Kier molecular flexibility index (Phi) is 2.52. The molecule has 66 valence electrons. The van der Waals surface area contributed by atoms with Crippen molar-refractivity contribution in [3.63, 3.8) is 0 Å². The van der Waals surface area contributed by atoms with Crippen molar-refractivity contribution in [1.29, 1.82) is 0 Å². The van der Waals surface area contributed by atoms with E-state index in [1.165, 1.54) is 0 Å². The number of nitrogens with zero attached hydrogens (tertiary/aromatic N) is 1. The van der Waals surface area contributed by atoms with Crippen LogP contribution >= 0.6 is 0 Å². The van der Waals surface area contributed by atoms with Crippen molar-refractivity contribution >= 4 is 0 Å². The highest BCUT2D eigenvalue weighted by molar-refractivity contribution is 4.87. The second-order valence-electron chi connectivity index (χ2n) is 3.84. The molecule has 11 heavy (non-hydrogen) atoms. The van der Waals surface area contributed by atoms with E-state index in [0.717, 1.165) is 18.1 Å². The summed E-state index contributed by atoms with van der Waals surface area (Å²) in [6.45, 7) is 6.97. The lowest BCUT2D eigenvalue weighted by Crippen LogP contribution is -2.54. The van der Waals surface area contributed by atoms with Gasteiger partial charge >= 0.3 is 0 Å². The molecule has 0 N–H and O–H groups in total. The maximum absolute atomic E-state index is 10.8. The van der Waals surface area contributed by atoms with Gasteiger partial charge in [-0.1, -0.05) is 27.2 Å². The van der Waals surface area contributed by atoms with Crippen LogP contribution in [0.2, 0.25) is 0 Å². The first kappa shape index (κ1) is 8.97. The molecule has 1 fully saturated rings. The predicted octanol–water partition coefficient (Wildman–Crippen LogP) is 1.93. The first-order valence-electron chi connectivity index (χ1n) is 4.17. The van der Waals surface area contributed by atoms with Gasteiger partial charge in [0.1, 0.15) is 0 Å². The maximum Gasteiger partial charge on any atom is 0.0846 e. The van der Waals surface area contributed by atoms with Gasteiger partial charge in [0.15, 0.2) is 0 Å². The minimum Gasteiger partial charge on any atom is -0.762 e. The fraction of sp³-hybridized carbons (Fsp3) is 1.00. The van der Waals surface area contributed by atoms with Crippen LogP contribution in [0.1, 0.15) is 33.6 Å². The van der Waals surface area contributed by atoms with E-state index in [9.17, 15) is 5.21 Å². The summed E-state index contributed by atoms with van der Waals surface area (Å²) in [5.74, 6) is 0. The second kappa shape index (κ2) is 3.09. The Labute approximate surface area is 67.9 Å². The minimum atomic E-state index is 0.0717. The predicted molar refractivity (Wildman–Crippen MR) is 43.6 cm³/mol. The molecule has 0 amide bonds. The summed E-state index contributed by atoms with van der Waals surface area (Å²) in [5.41, 5.74) is 0.106. The highest BCUT2D eigenvalue weighted by Gasteiger charge is 2.36. The van der Waals surface area contributed by atoms with E-state index < -0.39 is 0 Å². The third kappa shape index (κ3) is 1.72. The van der Waals surface area contributed by atoms with Crippen molar-refractivity contribution in [2.45, 2.75) is 39.7 Å². The lowest BCUT2D eigenvalue weighted by Gasteiger charge is -2.52. The molecule has 0 bridgehead atoms. The van der Waals surface area contributed by atoms with E-state index in [1.54, 1.807) is 0 Å². The third-order valence-electron chi connectivity index (χ3n) is 2.41. The Balaban J connectivity index is 2.43. The van der Waals surface area contributed by atoms with Crippen LogP contribution in [0.15, 0.2) is 0 Å². The second-order valence-corrected chi connectivity index (χ2v) is 3.84. The zero-order valence-corrected chi connectivity index (χ0v) is 7.46. The van der Waals surface area contributed by atoms with Gasteiger partial charge in [0, 0.05) is 0 Å². The molecular formula is C8H16NO2-. The Morgan fingerprint density at radius 1 is 1.64 bits per heavy atom. The van der Waals surface area contributed by atoms with Crippen LogP contribution in [0.25, 0.3) is 0 Å². The van der Waals surface area contributed by atoms with Gasteiger partial charge in [-0.15, -0.1) is 0 Å². The van der Waals surface area contributed by atoms with Crippen LogP contribution in [0, 0.1) is 10.6 Å². The molecule has 0 aromatic rings. The molecule has 1 saturated heterocycles. The van der Waals surface area contributed by atoms with Gasteiger partial charge in [-0.2, -0.15) is 0 Å². The molecule has 0 aliphatic carbocycles. The van der Waals surface area contributed by atoms with Crippen LogP contribution in [0.3, 0.4) is 0 Å². The Bertz CT molecular complexity index is 136. The lowest BCUT2D eigenvalue weighted by atomic mass is 9.80. The van der Waals surface area contributed by atoms with Crippen molar-refractivity contribution in [2.75, 3.05) is 6.61 Å². The molecule has 0 aromatic carbocycles. The van der Waals surface area contributed by atoms with Gasteiger partial charge in [0.05, 0.1) is 12.6 Å². The van der Waals surface area contributed by atoms with E-state index in [1.807, 2.05) is 0 Å². The van der Waals surface area contributed by atoms with E-state index in [-0.39, 0.29) is 11.5 Å². The van der Waals surface area contributed by atoms with Gasteiger partial charge < -0.3 is 10.0 Å². The number of hydrogen-bond acceptors (Lipinski definition) is 3. The van der Waals surface area contributed by atoms with E-state index >= 15 is 0 Å². The fourth-order valence-corrected chi connectivity index (χ4v) is 1.53. The molecule has 3 nitrogen and oxygen atoms in total. The summed E-state index contributed by atoms with van der Waals surface area (Å²) in [6.07, 6.45) is 2.21. The van der Waals surface area contributed by atoms with E-state index in [0.29, 0.717) is 6.61 Å². The van der Waals surface area contributed by atoms with Crippen molar-refractivity contribution in [3.8, 4) is 0 Å². The van der Waals surface area contributed by atoms with E-state index in [4.69, 9.17) is 0 Å². The Morgan fingerprint density at radius 3 is 2.55 bits per heavy atom. The molecule has 0 saturated carbocycles. The van der Waals surface area contributed by atoms with E-state index in [2.05, 4.69) is 25.6 Å². The van der Waals surface area contributed by atoms with Gasteiger partial charge in [-0.05, 0) is 11.8 Å². The first-order chi connectivity index (χ1) is 5.08. The number of hydroxylamine groups is 2. The summed E-state index contributed by atoms with van der Waals surface area (Å²) in [5, 5.41) is 11.6. The molecule has 0 aromatic heterocycles. The fourth-order valence-electron chi connectivity index (χ4n) is 1.53. The quantitative estimate of drug-likeness (QED) is 0.629. The van der Waals surface area contributed by atoms with Gasteiger partial charge in [-0.3, -0.25) is 5.23 Å². The average Bonchev–Trinajstić information content (AvgIpc) is 1.83. The molecule has 1 heterocycles. The van der Waals surface area contributed by atoms with Crippen molar-refractivity contribution in [2.24, 2.45) is 5.41 Å². The van der Waals surface area contributed by atoms with Crippen LogP contribution in [0.4, 0.5) is 0 Å². The summed E-state index contributed by atoms with van der Waals surface area (Å²) < 4.78 is 0. The van der Waals surface area contributed by atoms with Crippen LogP contribution < -0.4 is 0 Å². The number of rotatable bonds is 3. The topological polar surface area (TPSA) is 35.5 Å². The molecule has 3 heteroatoms. The van der Waals surface area contributed by atoms with Crippen LogP contribution in [0.5, 0.6) is 0 Å².